The van der Waals surface area contributed by atoms with Gasteiger partial charge >= 0.3 is 12.2 Å². The number of hydrogen-bond acceptors (Lipinski definition) is 5. The fourth-order valence-corrected chi connectivity index (χ4v) is 1.67. The van der Waals surface area contributed by atoms with E-state index in [-0.39, 0.29) is 18.2 Å². The van der Waals surface area contributed by atoms with E-state index in [0.29, 0.717) is 5.69 Å². The number of aryl methyl sites for hydroxylation is 1. The van der Waals surface area contributed by atoms with Crippen molar-refractivity contribution in [2.45, 2.75) is 12.7 Å². The fourth-order valence-electron chi connectivity index (χ4n) is 1.67. The first-order valence-corrected chi connectivity index (χ1v) is 6.32. The SMILES string of the molecule is COc1ncccc1NC(=O)NCc1nc(C(F)(F)F)nn1C. The van der Waals surface area contributed by atoms with Gasteiger partial charge in [-0.05, 0) is 12.1 Å². The van der Waals surface area contributed by atoms with Crippen molar-refractivity contribution in [2.24, 2.45) is 7.05 Å². The zero-order valence-electron chi connectivity index (χ0n) is 12.2. The van der Waals surface area contributed by atoms with Gasteiger partial charge < -0.3 is 15.4 Å². The normalized spacial score (nSPS) is 11.2. The van der Waals surface area contributed by atoms with Crippen LogP contribution in [0, 0.1) is 0 Å². The van der Waals surface area contributed by atoms with Crippen LogP contribution in [-0.4, -0.2) is 32.9 Å². The zero-order valence-corrected chi connectivity index (χ0v) is 12.2. The van der Waals surface area contributed by atoms with Crippen molar-refractivity contribution in [3.63, 3.8) is 0 Å². The first-order valence-electron chi connectivity index (χ1n) is 6.32. The number of nitrogens with zero attached hydrogens (tertiary/aromatic N) is 4. The number of hydrogen-bond donors (Lipinski definition) is 2. The van der Waals surface area contributed by atoms with Crippen LogP contribution in [-0.2, 0) is 19.8 Å². The molecule has 2 aromatic rings. The molecule has 8 nitrogen and oxygen atoms in total. The van der Waals surface area contributed by atoms with Gasteiger partial charge in [-0.1, -0.05) is 0 Å². The van der Waals surface area contributed by atoms with Crippen LogP contribution in [0.5, 0.6) is 5.88 Å². The molecule has 2 amide bonds. The van der Waals surface area contributed by atoms with E-state index in [0.717, 1.165) is 4.68 Å². The van der Waals surface area contributed by atoms with Crippen LogP contribution in [0.4, 0.5) is 23.7 Å². The lowest BCUT2D eigenvalue weighted by Gasteiger charge is -2.09. The highest BCUT2D eigenvalue weighted by atomic mass is 19.4. The minimum atomic E-state index is -4.64. The molecule has 0 aliphatic carbocycles. The van der Waals surface area contributed by atoms with E-state index in [1.54, 1.807) is 12.1 Å². The first kappa shape index (κ1) is 16.5. The quantitative estimate of drug-likeness (QED) is 0.887. The van der Waals surface area contributed by atoms with E-state index in [1.807, 2.05) is 0 Å². The second kappa shape index (κ2) is 6.50. The Morgan fingerprint density at radius 2 is 2.17 bits per heavy atom. The largest absolute Gasteiger partial charge is 0.480 e. The number of pyridine rings is 1. The van der Waals surface area contributed by atoms with E-state index in [9.17, 15) is 18.0 Å². The Kier molecular flexibility index (Phi) is 4.67. The van der Waals surface area contributed by atoms with Gasteiger partial charge in [-0.25, -0.2) is 14.8 Å². The summed E-state index contributed by atoms with van der Waals surface area (Å²) in [5, 5.41) is 8.10. The summed E-state index contributed by atoms with van der Waals surface area (Å²) in [5.74, 6) is -1.09. The summed E-state index contributed by atoms with van der Waals surface area (Å²) in [6, 6.07) is 2.51. The van der Waals surface area contributed by atoms with Gasteiger partial charge in [-0.15, -0.1) is 5.10 Å². The predicted octanol–water partition coefficient (Wildman–Crippen LogP) is 1.56. The molecular weight excluding hydrogens is 317 g/mol. The average Bonchev–Trinajstić information content (AvgIpc) is 2.87. The number of nitrogens with one attached hydrogen (secondary N) is 2. The summed E-state index contributed by atoms with van der Waals surface area (Å²) in [7, 11) is 2.70. The van der Waals surface area contributed by atoms with Crippen molar-refractivity contribution in [3.05, 3.63) is 30.0 Å². The molecule has 0 bridgehead atoms. The Labute approximate surface area is 128 Å². The molecule has 0 atom stereocenters. The fraction of sp³-hybridized carbons (Fsp3) is 0.333. The molecule has 0 radical (unpaired) electrons. The highest BCUT2D eigenvalue weighted by Gasteiger charge is 2.36. The molecule has 2 N–H and O–H groups in total. The Morgan fingerprint density at radius 1 is 1.43 bits per heavy atom. The minimum Gasteiger partial charge on any atom is -0.480 e. The van der Waals surface area contributed by atoms with Crippen LogP contribution in [0.3, 0.4) is 0 Å². The molecule has 0 aromatic carbocycles. The summed E-state index contributed by atoms with van der Waals surface area (Å²) >= 11 is 0. The molecule has 0 saturated carbocycles. The summed E-state index contributed by atoms with van der Waals surface area (Å²) < 4.78 is 43.4. The molecule has 124 valence electrons. The van der Waals surface area contributed by atoms with E-state index < -0.39 is 18.0 Å². The van der Waals surface area contributed by atoms with Gasteiger partial charge in [0.15, 0.2) is 0 Å². The number of methoxy groups -OCH3 is 1. The number of aromatic nitrogens is 4. The number of alkyl halides is 3. The monoisotopic (exact) mass is 330 g/mol. The molecule has 11 heteroatoms. The van der Waals surface area contributed by atoms with E-state index in [2.05, 4.69) is 25.7 Å². The lowest BCUT2D eigenvalue weighted by atomic mass is 10.4. The number of carbonyl (C=O) groups excluding carboxylic acids is 1. The molecule has 2 rings (SSSR count). The van der Waals surface area contributed by atoms with Gasteiger partial charge in [-0.3, -0.25) is 4.68 Å². The summed E-state index contributed by atoms with van der Waals surface area (Å²) in [5.41, 5.74) is 0.321. The smallest absolute Gasteiger partial charge is 0.453 e. The topological polar surface area (TPSA) is 94.0 Å². The van der Waals surface area contributed by atoms with E-state index >= 15 is 0 Å². The number of anilines is 1. The van der Waals surface area contributed by atoms with Crippen molar-refractivity contribution < 1.29 is 22.7 Å². The Bertz CT molecular complexity index is 700. The molecule has 0 aliphatic heterocycles. The second-order valence-corrected chi connectivity index (χ2v) is 4.34. The molecule has 0 spiro atoms. The molecule has 2 aromatic heterocycles. The maximum Gasteiger partial charge on any atom is 0.453 e. The Balaban J connectivity index is 1.98. The summed E-state index contributed by atoms with van der Waals surface area (Å²) in [4.78, 5) is 19.0. The average molecular weight is 330 g/mol. The summed E-state index contributed by atoms with van der Waals surface area (Å²) in [6.45, 7) is -0.228. The second-order valence-electron chi connectivity index (χ2n) is 4.34. The Morgan fingerprint density at radius 3 is 2.78 bits per heavy atom. The summed E-state index contributed by atoms with van der Waals surface area (Å²) in [6.07, 6.45) is -3.15. The highest BCUT2D eigenvalue weighted by Crippen LogP contribution is 2.26. The standard InChI is InChI=1S/C12H13F3N6O2/c1-21-8(19-10(20-21)12(13,14)15)6-17-11(22)18-7-4-3-5-16-9(7)23-2/h3-5H,6H2,1-2H3,(H2,17,18,22). The zero-order chi connectivity index (χ0) is 17.0. The van der Waals surface area contributed by atoms with Crippen LogP contribution in [0.1, 0.15) is 11.6 Å². The minimum absolute atomic E-state index is 0.0365. The number of carbonyl (C=O) groups is 1. The molecule has 0 fully saturated rings. The highest BCUT2D eigenvalue weighted by molar-refractivity contribution is 5.90. The Hall–Kier alpha value is -2.85. The van der Waals surface area contributed by atoms with Crippen molar-refractivity contribution in [1.82, 2.24) is 25.1 Å². The molecule has 2 heterocycles. The lowest BCUT2D eigenvalue weighted by Crippen LogP contribution is -2.29. The molecular formula is C12H13F3N6O2. The lowest BCUT2D eigenvalue weighted by molar-refractivity contribution is -0.145. The number of urea groups is 1. The number of halogens is 3. The van der Waals surface area contributed by atoms with Crippen LogP contribution >= 0.6 is 0 Å². The van der Waals surface area contributed by atoms with Crippen molar-refractivity contribution in [1.29, 1.82) is 0 Å². The van der Waals surface area contributed by atoms with Crippen LogP contribution < -0.4 is 15.4 Å². The van der Waals surface area contributed by atoms with Gasteiger partial charge in [0.1, 0.15) is 11.5 Å². The number of ether oxygens (including phenoxy) is 1. The maximum atomic E-state index is 12.5. The van der Waals surface area contributed by atoms with Crippen molar-refractivity contribution in [2.75, 3.05) is 12.4 Å². The van der Waals surface area contributed by atoms with Crippen molar-refractivity contribution >= 4 is 11.7 Å². The van der Waals surface area contributed by atoms with E-state index in [4.69, 9.17) is 4.74 Å². The molecule has 0 unspecified atom stereocenters. The van der Waals surface area contributed by atoms with Crippen LogP contribution in [0.15, 0.2) is 18.3 Å². The van der Waals surface area contributed by atoms with Crippen molar-refractivity contribution in [3.8, 4) is 5.88 Å². The third-order valence-corrected chi connectivity index (χ3v) is 2.73. The maximum absolute atomic E-state index is 12.5. The third kappa shape index (κ3) is 4.08. The number of rotatable bonds is 4. The molecule has 0 saturated heterocycles. The van der Waals surface area contributed by atoms with Gasteiger partial charge in [-0.2, -0.15) is 13.2 Å². The van der Waals surface area contributed by atoms with Gasteiger partial charge in [0.2, 0.25) is 5.88 Å². The van der Waals surface area contributed by atoms with Crippen LogP contribution in [0.25, 0.3) is 0 Å². The number of amides is 2. The van der Waals surface area contributed by atoms with E-state index in [1.165, 1.54) is 20.4 Å². The molecule has 0 aliphatic rings. The van der Waals surface area contributed by atoms with Crippen LogP contribution in [0.2, 0.25) is 0 Å². The van der Waals surface area contributed by atoms with Gasteiger partial charge in [0.05, 0.1) is 13.7 Å². The first-order chi connectivity index (χ1) is 10.8. The molecule has 23 heavy (non-hydrogen) atoms. The third-order valence-electron chi connectivity index (χ3n) is 2.73. The van der Waals surface area contributed by atoms with Gasteiger partial charge in [0.25, 0.3) is 5.82 Å². The van der Waals surface area contributed by atoms with Gasteiger partial charge in [0, 0.05) is 13.2 Å². The predicted molar refractivity (Wildman–Crippen MR) is 72.7 cm³/mol.